The third kappa shape index (κ3) is 4.80. The number of rotatable bonds is 7. The van der Waals surface area contributed by atoms with Gasteiger partial charge in [-0.1, -0.05) is 37.3 Å². The van der Waals surface area contributed by atoms with E-state index in [2.05, 4.69) is 5.32 Å². The van der Waals surface area contributed by atoms with E-state index in [4.69, 9.17) is 4.74 Å². The van der Waals surface area contributed by atoms with Crippen molar-refractivity contribution in [1.29, 1.82) is 0 Å². The van der Waals surface area contributed by atoms with Crippen molar-refractivity contribution < 1.29 is 19.0 Å². The molecule has 1 amide bonds. The van der Waals surface area contributed by atoms with Crippen molar-refractivity contribution in [2.45, 2.75) is 25.4 Å². The average molecular weight is 331 g/mol. The molecule has 0 radical (unpaired) electrons. The number of ether oxygens (including phenoxy) is 1. The fraction of sp³-hybridized carbons (Fsp3) is 0.316. The van der Waals surface area contributed by atoms with Crippen LogP contribution in [0.5, 0.6) is 5.75 Å². The van der Waals surface area contributed by atoms with E-state index in [0.717, 1.165) is 0 Å². The predicted octanol–water partition coefficient (Wildman–Crippen LogP) is 3.18. The molecule has 2 atom stereocenters. The topological polar surface area (TPSA) is 58.6 Å². The lowest BCUT2D eigenvalue weighted by Gasteiger charge is -2.15. The normalized spacial score (nSPS) is 13.2. The molecule has 2 N–H and O–H groups in total. The van der Waals surface area contributed by atoms with Gasteiger partial charge in [-0.05, 0) is 35.2 Å². The maximum absolute atomic E-state index is 13.7. The molecule has 0 saturated carbocycles. The number of halogens is 1. The standard InChI is InChI=1S/C19H22FNO3/c1-13(16-8-3-4-9-17(16)20)10-19(23)21-12-18(22)14-6-5-7-15(11-14)24-2/h3-9,11,13,18,22H,10,12H2,1-2H3,(H,21,23). The molecule has 2 unspecified atom stereocenters. The first-order valence-electron chi connectivity index (χ1n) is 7.84. The molecule has 0 heterocycles. The molecular formula is C19H22FNO3. The van der Waals surface area contributed by atoms with Crippen molar-refractivity contribution in [2.24, 2.45) is 0 Å². The summed E-state index contributed by atoms with van der Waals surface area (Å²) >= 11 is 0. The van der Waals surface area contributed by atoms with Gasteiger partial charge < -0.3 is 15.2 Å². The van der Waals surface area contributed by atoms with E-state index in [1.54, 1.807) is 56.5 Å². The Bertz CT molecular complexity index is 690. The van der Waals surface area contributed by atoms with E-state index in [-0.39, 0.29) is 30.6 Å². The number of carbonyl (C=O) groups is 1. The Kier molecular flexibility index (Phi) is 6.32. The quantitative estimate of drug-likeness (QED) is 0.819. The van der Waals surface area contributed by atoms with E-state index in [1.165, 1.54) is 6.07 Å². The number of aliphatic hydroxyl groups is 1. The van der Waals surface area contributed by atoms with Gasteiger partial charge in [-0.3, -0.25) is 4.79 Å². The fourth-order valence-corrected chi connectivity index (χ4v) is 2.51. The molecule has 4 nitrogen and oxygen atoms in total. The minimum Gasteiger partial charge on any atom is -0.497 e. The lowest BCUT2D eigenvalue weighted by molar-refractivity contribution is -0.121. The maximum atomic E-state index is 13.7. The molecule has 2 rings (SSSR count). The Morgan fingerprint density at radius 3 is 2.71 bits per heavy atom. The Morgan fingerprint density at radius 2 is 2.00 bits per heavy atom. The summed E-state index contributed by atoms with van der Waals surface area (Å²) in [6.07, 6.45) is -0.668. The number of aliphatic hydroxyl groups excluding tert-OH is 1. The van der Waals surface area contributed by atoms with Crippen molar-refractivity contribution in [1.82, 2.24) is 5.32 Å². The predicted molar refractivity (Wildman–Crippen MR) is 90.4 cm³/mol. The number of carbonyl (C=O) groups excluding carboxylic acids is 1. The van der Waals surface area contributed by atoms with Gasteiger partial charge in [0.15, 0.2) is 0 Å². The average Bonchev–Trinajstić information content (AvgIpc) is 2.60. The van der Waals surface area contributed by atoms with E-state index in [1.807, 2.05) is 0 Å². The molecule has 0 aromatic heterocycles. The van der Waals surface area contributed by atoms with Gasteiger partial charge in [-0.25, -0.2) is 4.39 Å². The van der Waals surface area contributed by atoms with Crippen LogP contribution in [0.25, 0.3) is 0 Å². The third-order valence-corrected chi connectivity index (χ3v) is 3.90. The van der Waals surface area contributed by atoms with Gasteiger partial charge in [-0.2, -0.15) is 0 Å². The Hall–Kier alpha value is -2.40. The molecule has 2 aromatic carbocycles. The van der Waals surface area contributed by atoms with Crippen molar-refractivity contribution in [2.75, 3.05) is 13.7 Å². The molecule has 0 saturated heterocycles. The second-order valence-electron chi connectivity index (χ2n) is 5.72. The number of hydrogen-bond acceptors (Lipinski definition) is 3. The summed E-state index contributed by atoms with van der Waals surface area (Å²) in [5.74, 6) is -0.131. The Labute approximate surface area is 141 Å². The van der Waals surface area contributed by atoms with Crippen LogP contribution in [-0.4, -0.2) is 24.7 Å². The van der Waals surface area contributed by atoms with Gasteiger partial charge in [0, 0.05) is 13.0 Å². The van der Waals surface area contributed by atoms with E-state index >= 15 is 0 Å². The molecule has 0 spiro atoms. The van der Waals surface area contributed by atoms with Gasteiger partial charge in [-0.15, -0.1) is 0 Å². The number of methoxy groups -OCH3 is 1. The molecule has 0 fully saturated rings. The molecule has 5 heteroatoms. The highest BCUT2D eigenvalue weighted by molar-refractivity contribution is 5.76. The van der Waals surface area contributed by atoms with Crippen LogP contribution in [0.2, 0.25) is 0 Å². The van der Waals surface area contributed by atoms with Crippen molar-refractivity contribution in [3.05, 3.63) is 65.5 Å². The van der Waals surface area contributed by atoms with E-state index in [9.17, 15) is 14.3 Å². The van der Waals surface area contributed by atoms with Crippen molar-refractivity contribution in [3.8, 4) is 5.75 Å². The monoisotopic (exact) mass is 331 g/mol. The molecule has 0 aliphatic heterocycles. The smallest absolute Gasteiger partial charge is 0.220 e. The highest BCUT2D eigenvalue weighted by atomic mass is 19.1. The summed E-state index contributed by atoms with van der Waals surface area (Å²) in [5, 5.41) is 12.8. The second kappa shape index (κ2) is 8.45. The van der Waals surface area contributed by atoms with Gasteiger partial charge in [0.25, 0.3) is 0 Å². The first-order valence-corrected chi connectivity index (χ1v) is 7.84. The summed E-state index contributed by atoms with van der Waals surface area (Å²) in [6, 6.07) is 13.5. The molecule has 0 aliphatic carbocycles. The molecule has 24 heavy (non-hydrogen) atoms. The van der Waals surface area contributed by atoms with Gasteiger partial charge >= 0.3 is 0 Å². The molecule has 0 aliphatic rings. The molecule has 128 valence electrons. The van der Waals surface area contributed by atoms with Crippen LogP contribution >= 0.6 is 0 Å². The number of nitrogens with one attached hydrogen (secondary N) is 1. The number of hydrogen-bond donors (Lipinski definition) is 2. The molecular weight excluding hydrogens is 309 g/mol. The third-order valence-electron chi connectivity index (χ3n) is 3.90. The van der Waals surface area contributed by atoms with Crippen LogP contribution < -0.4 is 10.1 Å². The largest absolute Gasteiger partial charge is 0.497 e. The van der Waals surface area contributed by atoms with Crippen LogP contribution in [0.1, 0.15) is 36.5 Å². The zero-order valence-corrected chi connectivity index (χ0v) is 13.8. The number of amides is 1. The van der Waals surface area contributed by atoms with Crippen LogP contribution in [0, 0.1) is 5.82 Å². The summed E-state index contributed by atoms with van der Waals surface area (Å²) in [6.45, 7) is 1.90. The molecule has 2 aromatic rings. The van der Waals surface area contributed by atoms with Crippen LogP contribution in [-0.2, 0) is 4.79 Å². The SMILES string of the molecule is COc1cccc(C(O)CNC(=O)CC(C)c2ccccc2F)c1. The number of benzene rings is 2. The first kappa shape index (κ1) is 17.9. The van der Waals surface area contributed by atoms with Crippen LogP contribution in [0.3, 0.4) is 0 Å². The van der Waals surface area contributed by atoms with Gasteiger partial charge in [0.1, 0.15) is 11.6 Å². The highest BCUT2D eigenvalue weighted by Crippen LogP contribution is 2.22. The summed E-state index contributed by atoms with van der Waals surface area (Å²) < 4.78 is 18.8. The maximum Gasteiger partial charge on any atom is 0.220 e. The van der Waals surface area contributed by atoms with Crippen LogP contribution in [0.15, 0.2) is 48.5 Å². The Morgan fingerprint density at radius 1 is 1.25 bits per heavy atom. The summed E-state index contributed by atoms with van der Waals surface area (Å²) in [4.78, 5) is 12.0. The summed E-state index contributed by atoms with van der Waals surface area (Å²) in [7, 11) is 1.55. The molecule has 0 bridgehead atoms. The lowest BCUT2D eigenvalue weighted by Crippen LogP contribution is -2.29. The second-order valence-corrected chi connectivity index (χ2v) is 5.72. The van der Waals surface area contributed by atoms with E-state index < -0.39 is 6.10 Å². The Balaban J connectivity index is 1.87. The fourth-order valence-electron chi connectivity index (χ4n) is 2.51. The zero-order chi connectivity index (χ0) is 17.5. The van der Waals surface area contributed by atoms with Crippen LogP contribution in [0.4, 0.5) is 4.39 Å². The van der Waals surface area contributed by atoms with Gasteiger partial charge in [0.05, 0.1) is 13.2 Å². The van der Waals surface area contributed by atoms with Crippen molar-refractivity contribution in [3.63, 3.8) is 0 Å². The summed E-state index contributed by atoms with van der Waals surface area (Å²) in [5.41, 5.74) is 1.18. The minimum absolute atomic E-state index is 0.0932. The van der Waals surface area contributed by atoms with Crippen molar-refractivity contribution >= 4 is 5.91 Å². The lowest BCUT2D eigenvalue weighted by atomic mass is 9.97. The van der Waals surface area contributed by atoms with Gasteiger partial charge in [0.2, 0.25) is 5.91 Å². The van der Waals surface area contributed by atoms with E-state index in [0.29, 0.717) is 16.9 Å². The minimum atomic E-state index is -0.826. The first-order chi connectivity index (χ1) is 11.5. The zero-order valence-electron chi connectivity index (χ0n) is 13.8. The highest BCUT2D eigenvalue weighted by Gasteiger charge is 2.16.